The first kappa shape index (κ1) is 24.1. The summed E-state index contributed by atoms with van der Waals surface area (Å²) in [5.74, 6) is -2.21. The van der Waals surface area contributed by atoms with Crippen LogP contribution in [0, 0.1) is 0 Å². The van der Waals surface area contributed by atoms with Crippen LogP contribution in [0.25, 0.3) is 0 Å². The summed E-state index contributed by atoms with van der Waals surface area (Å²) in [6, 6.07) is 6.58. The van der Waals surface area contributed by atoms with Crippen LogP contribution in [-0.4, -0.2) is 41.1 Å². The second kappa shape index (κ2) is 11.2. The van der Waals surface area contributed by atoms with Gasteiger partial charge in [0.25, 0.3) is 0 Å². The number of benzene rings is 1. The molecule has 1 aromatic rings. The summed E-state index contributed by atoms with van der Waals surface area (Å²) >= 11 is 0. The number of nitrogens with one attached hydrogen (secondary N) is 1. The fourth-order valence-corrected chi connectivity index (χ4v) is 2.63. The number of anilines is 1. The van der Waals surface area contributed by atoms with Crippen molar-refractivity contribution in [1.82, 2.24) is 0 Å². The number of esters is 1. The molecule has 8 heteroatoms. The summed E-state index contributed by atoms with van der Waals surface area (Å²) in [6.07, 6.45) is -0.825. The Labute approximate surface area is 170 Å². The van der Waals surface area contributed by atoms with E-state index in [1.165, 1.54) is 0 Å². The van der Waals surface area contributed by atoms with Gasteiger partial charge in [0, 0.05) is 24.4 Å². The van der Waals surface area contributed by atoms with Crippen LogP contribution in [0.4, 0.5) is 10.5 Å². The summed E-state index contributed by atoms with van der Waals surface area (Å²) in [7, 11) is 0. The van der Waals surface area contributed by atoms with Crippen LogP contribution >= 0.6 is 0 Å². The highest BCUT2D eigenvalue weighted by Crippen LogP contribution is 2.26. The predicted octanol–water partition coefficient (Wildman–Crippen LogP) is 3.89. The van der Waals surface area contributed by atoms with E-state index >= 15 is 0 Å². The van der Waals surface area contributed by atoms with E-state index in [9.17, 15) is 19.2 Å². The number of carbonyl (C=O) groups excluding carboxylic acids is 3. The molecule has 1 amide bonds. The maximum atomic E-state index is 12.2. The van der Waals surface area contributed by atoms with Crippen molar-refractivity contribution in [3.63, 3.8) is 0 Å². The van der Waals surface area contributed by atoms with Gasteiger partial charge in [-0.1, -0.05) is 12.1 Å². The standard InChI is InChI=1S/C21H29NO7/c1-5-28-19(26)11-10-17(23)12-15(13-18(24)25)14-6-8-16(9-7-14)22-20(27)29-21(2,3)4/h6-9,15H,5,10-13H2,1-4H3,(H,22,27)(H,24,25). The Kier molecular flexibility index (Phi) is 9.31. The Hall–Kier alpha value is -2.90. The normalized spacial score (nSPS) is 12.0. The maximum Gasteiger partial charge on any atom is 0.412 e. The number of ketones is 1. The van der Waals surface area contributed by atoms with Gasteiger partial charge in [-0.05, 0) is 45.4 Å². The van der Waals surface area contributed by atoms with Crippen molar-refractivity contribution in [2.45, 2.75) is 64.9 Å². The quantitative estimate of drug-likeness (QED) is 0.565. The minimum absolute atomic E-state index is 0.00451. The molecule has 0 bridgehead atoms. The first-order chi connectivity index (χ1) is 13.5. The third kappa shape index (κ3) is 10.3. The van der Waals surface area contributed by atoms with Crippen molar-refractivity contribution in [2.75, 3.05) is 11.9 Å². The monoisotopic (exact) mass is 407 g/mol. The topological polar surface area (TPSA) is 119 Å². The minimum atomic E-state index is -1.02. The lowest BCUT2D eigenvalue weighted by atomic mass is 9.89. The number of Topliss-reactive ketones (excluding diaryl/α,β-unsaturated/α-hetero) is 1. The van der Waals surface area contributed by atoms with Crippen LogP contribution in [0.2, 0.25) is 0 Å². The Balaban J connectivity index is 2.75. The average Bonchev–Trinajstić information content (AvgIpc) is 2.58. The molecule has 1 atom stereocenters. The van der Waals surface area contributed by atoms with E-state index in [4.69, 9.17) is 14.6 Å². The lowest BCUT2D eigenvalue weighted by Gasteiger charge is -2.20. The molecule has 0 fully saturated rings. The van der Waals surface area contributed by atoms with E-state index in [0.717, 1.165) is 0 Å². The number of amides is 1. The molecule has 0 aliphatic heterocycles. The van der Waals surface area contributed by atoms with Crippen LogP contribution in [0.3, 0.4) is 0 Å². The van der Waals surface area contributed by atoms with Crippen LogP contribution < -0.4 is 5.32 Å². The van der Waals surface area contributed by atoms with Crippen LogP contribution in [0.15, 0.2) is 24.3 Å². The highest BCUT2D eigenvalue weighted by Gasteiger charge is 2.21. The van der Waals surface area contributed by atoms with Gasteiger partial charge >= 0.3 is 18.0 Å². The summed E-state index contributed by atoms with van der Waals surface area (Å²) in [5, 5.41) is 11.8. The van der Waals surface area contributed by atoms with Gasteiger partial charge in [-0.2, -0.15) is 0 Å². The molecule has 0 saturated carbocycles. The summed E-state index contributed by atoms with van der Waals surface area (Å²) in [5.41, 5.74) is 0.526. The van der Waals surface area contributed by atoms with Crippen molar-refractivity contribution in [1.29, 1.82) is 0 Å². The van der Waals surface area contributed by atoms with Gasteiger partial charge in [-0.25, -0.2) is 4.79 Å². The zero-order valence-electron chi connectivity index (χ0n) is 17.3. The largest absolute Gasteiger partial charge is 0.481 e. The first-order valence-electron chi connectivity index (χ1n) is 9.49. The van der Waals surface area contributed by atoms with E-state index < -0.39 is 29.6 Å². The van der Waals surface area contributed by atoms with Gasteiger partial charge in [0.2, 0.25) is 0 Å². The molecule has 1 unspecified atom stereocenters. The Bertz CT molecular complexity index is 720. The molecule has 0 aliphatic carbocycles. The predicted molar refractivity (Wildman–Crippen MR) is 107 cm³/mol. The van der Waals surface area contributed by atoms with Crippen LogP contribution in [0.5, 0.6) is 0 Å². The zero-order valence-corrected chi connectivity index (χ0v) is 17.3. The van der Waals surface area contributed by atoms with Crippen molar-refractivity contribution in [3.8, 4) is 0 Å². The smallest absolute Gasteiger partial charge is 0.412 e. The molecule has 1 aromatic carbocycles. The van der Waals surface area contributed by atoms with E-state index in [2.05, 4.69) is 5.32 Å². The lowest BCUT2D eigenvalue weighted by molar-refractivity contribution is -0.144. The molecule has 160 valence electrons. The molecular formula is C21H29NO7. The highest BCUT2D eigenvalue weighted by atomic mass is 16.6. The number of carboxylic acid groups (broad SMARTS) is 1. The molecule has 1 rings (SSSR count). The lowest BCUT2D eigenvalue weighted by Crippen LogP contribution is -2.27. The highest BCUT2D eigenvalue weighted by molar-refractivity contribution is 5.85. The van der Waals surface area contributed by atoms with Gasteiger partial charge in [0.05, 0.1) is 19.4 Å². The third-order valence-corrected chi connectivity index (χ3v) is 3.84. The van der Waals surface area contributed by atoms with Crippen LogP contribution in [-0.2, 0) is 23.9 Å². The number of rotatable bonds is 10. The summed E-state index contributed by atoms with van der Waals surface area (Å²) in [6.45, 7) is 7.20. The fourth-order valence-electron chi connectivity index (χ4n) is 2.63. The van der Waals surface area contributed by atoms with Crippen molar-refractivity contribution >= 4 is 29.5 Å². The molecule has 0 aromatic heterocycles. The average molecular weight is 407 g/mol. The molecule has 29 heavy (non-hydrogen) atoms. The van der Waals surface area contributed by atoms with Gasteiger partial charge in [0.1, 0.15) is 11.4 Å². The second-order valence-electron chi connectivity index (χ2n) is 7.59. The van der Waals surface area contributed by atoms with Gasteiger partial charge in [0.15, 0.2) is 0 Å². The number of carboxylic acids is 1. The van der Waals surface area contributed by atoms with Crippen LogP contribution in [0.1, 0.15) is 64.9 Å². The molecule has 0 heterocycles. The molecule has 0 saturated heterocycles. The molecule has 0 radical (unpaired) electrons. The molecule has 8 nitrogen and oxygen atoms in total. The van der Waals surface area contributed by atoms with Crippen molar-refractivity contribution in [3.05, 3.63) is 29.8 Å². The molecule has 0 aliphatic rings. The Morgan fingerprint density at radius 3 is 2.17 bits per heavy atom. The number of aliphatic carboxylic acids is 1. The SMILES string of the molecule is CCOC(=O)CCC(=O)CC(CC(=O)O)c1ccc(NC(=O)OC(C)(C)C)cc1. The third-order valence-electron chi connectivity index (χ3n) is 3.84. The fraction of sp³-hybridized carbons (Fsp3) is 0.524. The maximum absolute atomic E-state index is 12.2. The van der Waals surface area contributed by atoms with E-state index in [-0.39, 0.29) is 38.1 Å². The minimum Gasteiger partial charge on any atom is -0.481 e. The zero-order chi connectivity index (χ0) is 22.0. The second-order valence-corrected chi connectivity index (χ2v) is 7.59. The summed E-state index contributed by atoms with van der Waals surface area (Å²) in [4.78, 5) is 46.6. The van der Waals surface area contributed by atoms with E-state index in [1.54, 1.807) is 52.0 Å². The molecular weight excluding hydrogens is 378 g/mol. The van der Waals surface area contributed by atoms with E-state index in [1.807, 2.05) is 0 Å². The van der Waals surface area contributed by atoms with E-state index in [0.29, 0.717) is 11.3 Å². The van der Waals surface area contributed by atoms with Gasteiger partial charge in [-0.15, -0.1) is 0 Å². The Morgan fingerprint density at radius 2 is 1.66 bits per heavy atom. The van der Waals surface area contributed by atoms with Crippen molar-refractivity contribution in [2.24, 2.45) is 0 Å². The van der Waals surface area contributed by atoms with Gasteiger partial charge < -0.3 is 14.6 Å². The number of carbonyl (C=O) groups is 4. The number of hydrogen-bond acceptors (Lipinski definition) is 6. The van der Waals surface area contributed by atoms with Gasteiger partial charge in [-0.3, -0.25) is 19.7 Å². The first-order valence-corrected chi connectivity index (χ1v) is 9.49. The summed E-state index contributed by atoms with van der Waals surface area (Å²) < 4.78 is 9.97. The number of ether oxygens (including phenoxy) is 2. The van der Waals surface area contributed by atoms with Crippen molar-refractivity contribution < 1.29 is 33.8 Å². The Morgan fingerprint density at radius 1 is 1.03 bits per heavy atom. The number of hydrogen-bond donors (Lipinski definition) is 2. The molecule has 2 N–H and O–H groups in total. The molecule has 0 spiro atoms.